The van der Waals surface area contributed by atoms with Crippen molar-refractivity contribution < 1.29 is 19.1 Å². The molecule has 1 aromatic rings. The summed E-state index contributed by atoms with van der Waals surface area (Å²) in [7, 11) is 2.76. The van der Waals surface area contributed by atoms with Gasteiger partial charge in [-0.2, -0.15) is 0 Å². The molecule has 0 fully saturated rings. The van der Waals surface area contributed by atoms with E-state index >= 15 is 0 Å². The number of anilines is 1. The normalized spacial score (nSPS) is 11.5. The highest BCUT2D eigenvalue weighted by atomic mass is 16.5. The molecule has 98 valence electrons. The molecule has 0 aliphatic heterocycles. The van der Waals surface area contributed by atoms with Gasteiger partial charge in [0, 0.05) is 11.8 Å². The van der Waals surface area contributed by atoms with Crippen molar-refractivity contribution in [2.24, 2.45) is 0 Å². The number of carbonyl (C=O) groups is 2. The first-order valence-corrected chi connectivity index (χ1v) is 5.31. The monoisotopic (exact) mass is 252 g/mol. The van der Waals surface area contributed by atoms with Gasteiger partial charge in [0.2, 0.25) is 0 Å². The Kier molecular flexibility index (Phi) is 4.53. The van der Waals surface area contributed by atoms with Crippen molar-refractivity contribution in [2.45, 2.75) is 13.0 Å². The fraction of sp³-hybridized carbons (Fsp3) is 0.333. The minimum absolute atomic E-state index is 0.281. The highest BCUT2D eigenvalue weighted by Gasteiger charge is 2.18. The molecule has 3 N–H and O–H groups in total. The van der Waals surface area contributed by atoms with Crippen LogP contribution >= 0.6 is 0 Å². The summed E-state index contributed by atoms with van der Waals surface area (Å²) in [6.07, 6.45) is 0. The number of carbonyl (C=O) groups excluding carboxylic acids is 2. The highest BCUT2D eigenvalue weighted by Crippen LogP contribution is 2.19. The van der Waals surface area contributed by atoms with Crippen LogP contribution in [0.15, 0.2) is 18.2 Å². The number of amides is 1. The van der Waals surface area contributed by atoms with E-state index in [2.05, 4.69) is 10.1 Å². The second kappa shape index (κ2) is 5.90. The molecule has 0 heterocycles. The van der Waals surface area contributed by atoms with Gasteiger partial charge in [-0.15, -0.1) is 0 Å². The van der Waals surface area contributed by atoms with E-state index < -0.39 is 17.9 Å². The standard InChI is InChI=1S/C12H16N2O4/c1-7(12(16)18-3)14-11(15)9-5-4-8(17-2)6-10(9)13/h4-7H,13H2,1-3H3,(H,14,15). The molecule has 0 aliphatic rings. The summed E-state index contributed by atoms with van der Waals surface area (Å²) in [5.74, 6) is -0.395. The van der Waals surface area contributed by atoms with Gasteiger partial charge in [-0.25, -0.2) is 4.79 Å². The average molecular weight is 252 g/mol. The molecule has 0 saturated carbocycles. The number of methoxy groups -OCH3 is 2. The van der Waals surface area contributed by atoms with Crippen LogP contribution in [0.4, 0.5) is 5.69 Å². The predicted molar refractivity (Wildman–Crippen MR) is 66.4 cm³/mol. The molecule has 0 aromatic heterocycles. The Labute approximate surface area is 105 Å². The first-order chi connectivity index (χ1) is 8.49. The van der Waals surface area contributed by atoms with E-state index in [0.717, 1.165) is 0 Å². The van der Waals surface area contributed by atoms with Crippen molar-refractivity contribution in [3.05, 3.63) is 23.8 Å². The third-order valence-electron chi connectivity index (χ3n) is 2.41. The Morgan fingerprint density at radius 2 is 2.00 bits per heavy atom. The number of nitrogens with one attached hydrogen (secondary N) is 1. The molecule has 1 atom stereocenters. The summed E-state index contributed by atoms with van der Waals surface area (Å²) < 4.78 is 9.49. The maximum atomic E-state index is 11.9. The van der Waals surface area contributed by atoms with Gasteiger partial charge in [-0.3, -0.25) is 4.79 Å². The zero-order chi connectivity index (χ0) is 13.7. The summed E-state index contributed by atoms with van der Waals surface area (Å²) in [6.45, 7) is 1.53. The van der Waals surface area contributed by atoms with Crippen LogP contribution in [0.5, 0.6) is 5.75 Å². The van der Waals surface area contributed by atoms with Gasteiger partial charge in [0.05, 0.1) is 19.8 Å². The molecule has 1 rings (SSSR count). The molecule has 18 heavy (non-hydrogen) atoms. The van der Waals surface area contributed by atoms with Crippen molar-refractivity contribution in [3.8, 4) is 5.75 Å². The van der Waals surface area contributed by atoms with Gasteiger partial charge in [0.25, 0.3) is 5.91 Å². The minimum Gasteiger partial charge on any atom is -0.497 e. The lowest BCUT2D eigenvalue weighted by Crippen LogP contribution is -2.39. The van der Waals surface area contributed by atoms with Gasteiger partial charge in [0.1, 0.15) is 11.8 Å². The molecular formula is C12H16N2O4. The highest BCUT2D eigenvalue weighted by molar-refractivity contribution is 6.01. The number of rotatable bonds is 4. The van der Waals surface area contributed by atoms with E-state index in [0.29, 0.717) is 5.75 Å². The maximum absolute atomic E-state index is 11.9. The average Bonchev–Trinajstić information content (AvgIpc) is 2.37. The molecule has 0 spiro atoms. The summed E-state index contributed by atoms with van der Waals surface area (Å²) in [4.78, 5) is 23.0. The fourth-order valence-electron chi connectivity index (χ4n) is 1.38. The van der Waals surface area contributed by atoms with Crippen LogP contribution in [-0.4, -0.2) is 32.1 Å². The molecule has 1 aromatic carbocycles. The Balaban J connectivity index is 2.82. The number of benzene rings is 1. The number of esters is 1. The number of hydrogen-bond acceptors (Lipinski definition) is 5. The molecular weight excluding hydrogens is 236 g/mol. The van der Waals surface area contributed by atoms with Gasteiger partial charge >= 0.3 is 5.97 Å². The quantitative estimate of drug-likeness (QED) is 0.604. The van der Waals surface area contributed by atoms with Crippen molar-refractivity contribution >= 4 is 17.6 Å². The Hall–Kier alpha value is -2.24. The number of nitrogen functional groups attached to an aromatic ring is 1. The molecule has 0 aliphatic carbocycles. The van der Waals surface area contributed by atoms with Gasteiger partial charge in [-0.05, 0) is 19.1 Å². The zero-order valence-corrected chi connectivity index (χ0v) is 10.5. The Morgan fingerprint density at radius 3 is 2.50 bits per heavy atom. The Morgan fingerprint density at radius 1 is 1.33 bits per heavy atom. The first-order valence-electron chi connectivity index (χ1n) is 5.31. The molecule has 0 saturated heterocycles. The zero-order valence-electron chi connectivity index (χ0n) is 10.5. The van der Waals surface area contributed by atoms with Crippen LogP contribution in [0.25, 0.3) is 0 Å². The summed E-state index contributed by atoms with van der Waals surface area (Å²) in [6, 6.07) is 3.96. The van der Waals surface area contributed by atoms with Crippen LogP contribution in [0.3, 0.4) is 0 Å². The SMILES string of the molecule is COC(=O)C(C)NC(=O)c1ccc(OC)cc1N. The molecule has 1 unspecified atom stereocenters. The lowest BCUT2D eigenvalue weighted by molar-refractivity contribution is -0.142. The fourth-order valence-corrected chi connectivity index (χ4v) is 1.38. The van der Waals surface area contributed by atoms with E-state index in [9.17, 15) is 9.59 Å². The Bertz CT molecular complexity index is 459. The van der Waals surface area contributed by atoms with E-state index in [-0.39, 0.29) is 11.3 Å². The van der Waals surface area contributed by atoms with E-state index in [1.165, 1.54) is 33.3 Å². The number of ether oxygens (including phenoxy) is 2. The lowest BCUT2D eigenvalue weighted by Gasteiger charge is -2.13. The second-order valence-electron chi connectivity index (χ2n) is 3.67. The van der Waals surface area contributed by atoms with Gasteiger partial charge < -0.3 is 20.5 Å². The molecule has 6 nitrogen and oxygen atoms in total. The van der Waals surface area contributed by atoms with Gasteiger partial charge in [0.15, 0.2) is 0 Å². The van der Waals surface area contributed by atoms with Crippen LogP contribution in [0.2, 0.25) is 0 Å². The van der Waals surface area contributed by atoms with Crippen LogP contribution in [-0.2, 0) is 9.53 Å². The van der Waals surface area contributed by atoms with E-state index in [1.54, 1.807) is 6.07 Å². The third kappa shape index (κ3) is 3.13. The summed E-state index contributed by atoms with van der Waals surface area (Å²) >= 11 is 0. The second-order valence-corrected chi connectivity index (χ2v) is 3.67. The van der Waals surface area contributed by atoms with Crippen molar-refractivity contribution in [1.29, 1.82) is 0 Å². The molecule has 1 amide bonds. The van der Waals surface area contributed by atoms with E-state index in [1.807, 2.05) is 0 Å². The third-order valence-corrected chi connectivity index (χ3v) is 2.41. The largest absolute Gasteiger partial charge is 0.497 e. The predicted octanol–water partition coefficient (Wildman–Crippen LogP) is 0.569. The van der Waals surface area contributed by atoms with Crippen molar-refractivity contribution in [1.82, 2.24) is 5.32 Å². The van der Waals surface area contributed by atoms with Crippen LogP contribution < -0.4 is 15.8 Å². The molecule has 6 heteroatoms. The van der Waals surface area contributed by atoms with Crippen molar-refractivity contribution in [3.63, 3.8) is 0 Å². The smallest absolute Gasteiger partial charge is 0.328 e. The minimum atomic E-state index is -0.732. The number of nitrogens with two attached hydrogens (primary N) is 1. The topological polar surface area (TPSA) is 90.6 Å². The maximum Gasteiger partial charge on any atom is 0.328 e. The summed E-state index contributed by atoms with van der Waals surface area (Å²) in [5.41, 5.74) is 6.29. The van der Waals surface area contributed by atoms with E-state index in [4.69, 9.17) is 10.5 Å². The number of hydrogen-bond donors (Lipinski definition) is 2. The van der Waals surface area contributed by atoms with Crippen LogP contribution in [0.1, 0.15) is 17.3 Å². The molecule has 0 radical (unpaired) electrons. The summed E-state index contributed by atoms with van der Waals surface area (Å²) in [5, 5.41) is 2.49. The van der Waals surface area contributed by atoms with Crippen molar-refractivity contribution in [2.75, 3.05) is 20.0 Å². The first kappa shape index (κ1) is 13.8. The lowest BCUT2D eigenvalue weighted by atomic mass is 10.1. The van der Waals surface area contributed by atoms with Gasteiger partial charge in [-0.1, -0.05) is 0 Å². The van der Waals surface area contributed by atoms with Crippen LogP contribution in [0, 0.1) is 0 Å². The molecule has 0 bridgehead atoms.